The van der Waals surface area contributed by atoms with E-state index >= 15 is 0 Å². The number of halogens is 6. The van der Waals surface area contributed by atoms with Gasteiger partial charge in [0.15, 0.2) is 0 Å². The summed E-state index contributed by atoms with van der Waals surface area (Å²) in [6.07, 6.45) is -7.93. The van der Waals surface area contributed by atoms with Crippen LogP contribution in [0.3, 0.4) is 0 Å². The van der Waals surface area contributed by atoms with Crippen LogP contribution in [0.4, 0.5) is 32.0 Å². The van der Waals surface area contributed by atoms with Gasteiger partial charge >= 0.3 is 12.4 Å². The Kier molecular flexibility index (Phi) is 7.88. The largest absolute Gasteiger partial charge is 0.416 e. The number of aryl methyl sites for hydroxylation is 2. The smallest absolute Gasteiger partial charge is 0.369 e. The van der Waals surface area contributed by atoms with Crippen molar-refractivity contribution in [3.8, 4) is 0 Å². The van der Waals surface area contributed by atoms with E-state index in [1.54, 1.807) is 0 Å². The molecule has 1 atom stereocenters. The molecule has 0 saturated carbocycles. The normalized spacial score (nSPS) is 16.2. The highest BCUT2D eigenvalue weighted by atomic mass is 19.4. The standard InChI is InChI=1S/C29H29F6N2/c1-20-7-6-8-21(2)27(20)37-15-13-36(14-16-37)26(23-9-4-3-5-10-23)12-11-22-17-24(28(30,31)32)19-25(18-22)29(33,34)35/h3-10,12,17-19,26H,11,13-16H2,1-2H3. The summed E-state index contributed by atoms with van der Waals surface area (Å²) in [5, 5.41) is 0. The van der Waals surface area contributed by atoms with E-state index in [2.05, 4.69) is 35.8 Å². The summed E-state index contributed by atoms with van der Waals surface area (Å²) in [6.45, 7) is 7.12. The highest BCUT2D eigenvalue weighted by Gasteiger charge is 2.37. The van der Waals surface area contributed by atoms with Gasteiger partial charge in [-0.25, -0.2) is 0 Å². The van der Waals surface area contributed by atoms with E-state index in [-0.39, 0.29) is 24.1 Å². The van der Waals surface area contributed by atoms with E-state index in [1.807, 2.05) is 42.8 Å². The summed E-state index contributed by atoms with van der Waals surface area (Å²) in [6, 6.07) is 17.3. The van der Waals surface area contributed by atoms with Crippen molar-refractivity contribution in [3.05, 3.63) is 107 Å². The highest BCUT2D eigenvalue weighted by Crippen LogP contribution is 2.37. The van der Waals surface area contributed by atoms with Crippen molar-refractivity contribution < 1.29 is 26.3 Å². The van der Waals surface area contributed by atoms with Crippen LogP contribution in [-0.4, -0.2) is 31.1 Å². The fourth-order valence-electron chi connectivity index (χ4n) is 5.06. The minimum absolute atomic E-state index is 0.0164. The number of nitrogens with zero attached hydrogens (tertiary/aromatic N) is 2. The molecular weight excluding hydrogens is 490 g/mol. The second-order valence-electron chi connectivity index (χ2n) is 9.47. The Morgan fingerprint density at radius 2 is 1.27 bits per heavy atom. The maximum Gasteiger partial charge on any atom is 0.416 e. The Labute approximate surface area is 213 Å². The van der Waals surface area contributed by atoms with Gasteiger partial charge in [-0.3, -0.25) is 4.90 Å². The number of anilines is 1. The Balaban J connectivity index is 1.55. The second kappa shape index (κ2) is 10.8. The van der Waals surface area contributed by atoms with Crippen LogP contribution in [0, 0.1) is 20.3 Å². The number of rotatable bonds is 6. The van der Waals surface area contributed by atoms with Gasteiger partial charge in [0.05, 0.1) is 11.1 Å². The average Bonchev–Trinajstić information content (AvgIpc) is 2.84. The van der Waals surface area contributed by atoms with Gasteiger partial charge in [0.1, 0.15) is 0 Å². The molecule has 1 radical (unpaired) electrons. The van der Waals surface area contributed by atoms with Gasteiger partial charge in [-0.15, -0.1) is 0 Å². The molecule has 0 aliphatic carbocycles. The fraction of sp³-hybridized carbons (Fsp3) is 0.345. The molecule has 4 rings (SSSR count). The molecule has 1 heterocycles. The lowest BCUT2D eigenvalue weighted by Crippen LogP contribution is -2.48. The first-order valence-corrected chi connectivity index (χ1v) is 12.2. The molecule has 1 saturated heterocycles. The Bertz CT molecular complexity index is 1140. The van der Waals surface area contributed by atoms with E-state index < -0.39 is 23.5 Å². The molecule has 37 heavy (non-hydrogen) atoms. The molecule has 0 amide bonds. The molecule has 3 aromatic rings. The summed E-state index contributed by atoms with van der Waals surface area (Å²) in [7, 11) is 0. The summed E-state index contributed by atoms with van der Waals surface area (Å²) in [4.78, 5) is 4.57. The predicted molar refractivity (Wildman–Crippen MR) is 133 cm³/mol. The lowest BCUT2D eigenvalue weighted by atomic mass is 9.94. The third kappa shape index (κ3) is 6.47. The third-order valence-corrected chi connectivity index (χ3v) is 6.83. The van der Waals surface area contributed by atoms with Crippen molar-refractivity contribution in [1.82, 2.24) is 4.90 Å². The Morgan fingerprint density at radius 3 is 1.78 bits per heavy atom. The molecular formula is C29H29F6N2. The number of piperazine rings is 1. The molecule has 8 heteroatoms. The van der Waals surface area contributed by atoms with Crippen LogP contribution in [0.25, 0.3) is 0 Å². The second-order valence-corrected chi connectivity index (χ2v) is 9.47. The Hall–Kier alpha value is -3.00. The minimum atomic E-state index is -4.86. The van der Waals surface area contributed by atoms with Crippen molar-refractivity contribution in [2.45, 2.75) is 38.7 Å². The first-order valence-electron chi connectivity index (χ1n) is 12.2. The van der Waals surface area contributed by atoms with Crippen LogP contribution < -0.4 is 4.90 Å². The number of hydrogen-bond acceptors (Lipinski definition) is 2. The molecule has 1 fully saturated rings. The summed E-state index contributed by atoms with van der Waals surface area (Å²) in [5.41, 5.74) is 1.97. The van der Waals surface area contributed by atoms with E-state index in [9.17, 15) is 26.3 Å². The van der Waals surface area contributed by atoms with Crippen molar-refractivity contribution in [3.63, 3.8) is 0 Å². The number of hydrogen-bond donors (Lipinski definition) is 0. The monoisotopic (exact) mass is 519 g/mol. The van der Waals surface area contributed by atoms with Gasteiger partial charge in [0.25, 0.3) is 0 Å². The van der Waals surface area contributed by atoms with Crippen LogP contribution in [0.5, 0.6) is 0 Å². The summed E-state index contributed by atoms with van der Waals surface area (Å²) < 4.78 is 80.0. The molecule has 197 valence electrons. The molecule has 0 aromatic heterocycles. The summed E-state index contributed by atoms with van der Waals surface area (Å²) >= 11 is 0. The van der Waals surface area contributed by atoms with Gasteiger partial charge in [-0.05, 0) is 67.1 Å². The first-order chi connectivity index (χ1) is 17.4. The van der Waals surface area contributed by atoms with Crippen molar-refractivity contribution >= 4 is 5.69 Å². The Morgan fingerprint density at radius 1 is 0.730 bits per heavy atom. The maximum atomic E-state index is 13.3. The van der Waals surface area contributed by atoms with Crippen molar-refractivity contribution in [2.24, 2.45) is 0 Å². The lowest BCUT2D eigenvalue weighted by molar-refractivity contribution is -0.143. The van der Waals surface area contributed by atoms with Gasteiger partial charge in [-0.1, -0.05) is 48.5 Å². The minimum Gasteiger partial charge on any atom is -0.369 e. The van der Waals surface area contributed by atoms with E-state index in [0.717, 1.165) is 30.8 Å². The van der Waals surface area contributed by atoms with Gasteiger partial charge in [0.2, 0.25) is 0 Å². The molecule has 1 aliphatic rings. The highest BCUT2D eigenvalue weighted by molar-refractivity contribution is 5.59. The van der Waals surface area contributed by atoms with Crippen LogP contribution in [-0.2, 0) is 18.8 Å². The van der Waals surface area contributed by atoms with E-state index in [1.165, 1.54) is 16.8 Å². The van der Waals surface area contributed by atoms with Crippen molar-refractivity contribution in [1.29, 1.82) is 0 Å². The van der Waals surface area contributed by atoms with Crippen molar-refractivity contribution in [2.75, 3.05) is 31.1 Å². The third-order valence-electron chi connectivity index (χ3n) is 6.83. The topological polar surface area (TPSA) is 6.48 Å². The predicted octanol–water partition coefficient (Wildman–Crippen LogP) is 7.65. The molecule has 0 spiro atoms. The maximum absolute atomic E-state index is 13.3. The number of para-hydroxylation sites is 1. The van der Waals surface area contributed by atoms with Gasteiger partial charge in [-0.2, -0.15) is 26.3 Å². The molecule has 2 nitrogen and oxygen atoms in total. The average molecular weight is 520 g/mol. The molecule has 3 aromatic carbocycles. The lowest BCUT2D eigenvalue weighted by Gasteiger charge is -2.41. The summed E-state index contributed by atoms with van der Waals surface area (Å²) in [5.74, 6) is 0. The fourth-order valence-corrected chi connectivity index (χ4v) is 5.06. The molecule has 0 N–H and O–H groups in total. The van der Waals surface area contributed by atoms with Crippen LogP contribution in [0.2, 0.25) is 0 Å². The molecule has 1 aliphatic heterocycles. The zero-order valence-electron chi connectivity index (χ0n) is 20.7. The van der Waals surface area contributed by atoms with Crippen LogP contribution in [0.1, 0.15) is 39.4 Å². The number of benzene rings is 3. The SMILES string of the molecule is Cc1cccc(C)c1N1CCN(C([CH]Cc2cc(C(F)(F)F)cc(C(F)(F)F)c2)c2ccccc2)CC1. The zero-order valence-corrected chi connectivity index (χ0v) is 20.7. The van der Waals surface area contributed by atoms with Crippen LogP contribution >= 0.6 is 0 Å². The quantitative estimate of drug-likeness (QED) is 0.309. The van der Waals surface area contributed by atoms with Gasteiger partial charge in [0, 0.05) is 37.9 Å². The number of alkyl halides is 6. The first kappa shape index (κ1) is 27.0. The zero-order chi connectivity index (χ0) is 26.8. The molecule has 0 bridgehead atoms. The van der Waals surface area contributed by atoms with Gasteiger partial charge < -0.3 is 4.90 Å². The van der Waals surface area contributed by atoms with E-state index in [4.69, 9.17) is 0 Å². The van der Waals surface area contributed by atoms with E-state index in [0.29, 0.717) is 13.1 Å². The van der Waals surface area contributed by atoms with Crippen LogP contribution in [0.15, 0.2) is 66.7 Å². The molecule has 1 unspecified atom stereocenters.